The van der Waals surface area contributed by atoms with Crippen molar-refractivity contribution in [1.82, 2.24) is 0 Å². The van der Waals surface area contributed by atoms with Crippen LogP contribution in [0.3, 0.4) is 0 Å². The van der Waals surface area contributed by atoms with Crippen molar-refractivity contribution in [3.8, 4) is 0 Å². The van der Waals surface area contributed by atoms with E-state index in [1.54, 1.807) is 12.2 Å². The van der Waals surface area contributed by atoms with Gasteiger partial charge in [0.15, 0.2) is 0 Å². The molecule has 0 aliphatic heterocycles. The highest BCUT2D eigenvalue weighted by Gasteiger charge is 2.23. The van der Waals surface area contributed by atoms with Gasteiger partial charge >= 0.3 is 5.97 Å². The van der Waals surface area contributed by atoms with E-state index in [0.717, 1.165) is 0 Å². The first-order chi connectivity index (χ1) is 5.57. The summed E-state index contributed by atoms with van der Waals surface area (Å²) < 4.78 is 4.96. The van der Waals surface area contributed by atoms with Gasteiger partial charge in [-0.2, -0.15) is 0 Å². The number of rotatable bonds is 2. The van der Waals surface area contributed by atoms with Crippen molar-refractivity contribution in [2.24, 2.45) is 5.73 Å². The molecule has 1 unspecified atom stereocenters. The predicted octanol–water partition coefficient (Wildman–Crippen LogP) is 0.259. The lowest BCUT2D eigenvalue weighted by Crippen LogP contribution is -2.40. The van der Waals surface area contributed by atoms with Crippen LogP contribution < -0.4 is 5.73 Å². The van der Waals surface area contributed by atoms with Crippen LogP contribution >= 0.6 is 0 Å². The number of carboxylic acids is 1. The quantitative estimate of drug-likeness (QED) is 0.581. The van der Waals surface area contributed by atoms with E-state index in [2.05, 4.69) is 0 Å². The topological polar surface area (TPSA) is 72.5 Å². The molecule has 0 fully saturated rings. The van der Waals surface area contributed by atoms with Gasteiger partial charge in [0, 0.05) is 13.5 Å². The van der Waals surface area contributed by atoms with Gasteiger partial charge in [0.1, 0.15) is 5.72 Å². The van der Waals surface area contributed by atoms with Crippen molar-refractivity contribution in [2.75, 3.05) is 7.11 Å². The second kappa shape index (κ2) is 3.08. The molecule has 0 aromatic heterocycles. The Balaban J connectivity index is 2.74. The lowest BCUT2D eigenvalue weighted by atomic mass is 10.0. The molecule has 0 saturated heterocycles. The standard InChI is InChI=1S/C8H11NO3/c1-12-8(9)4-2-6(3-5-8)7(10)11/h2-4H,5,9H2,1H3,(H,10,11). The van der Waals surface area contributed by atoms with Gasteiger partial charge in [-0.3, -0.25) is 5.73 Å². The van der Waals surface area contributed by atoms with Gasteiger partial charge in [-0.15, -0.1) is 0 Å². The van der Waals surface area contributed by atoms with E-state index in [1.807, 2.05) is 0 Å². The summed E-state index contributed by atoms with van der Waals surface area (Å²) >= 11 is 0. The van der Waals surface area contributed by atoms with E-state index < -0.39 is 11.7 Å². The third-order valence-electron chi connectivity index (χ3n) is 1.81. The van der Waals surface area contributed by atoms with Crippen LogP contribution in [-0.4, -0.2) is 23.9 Å². The number of methoxy groups -OCH3 is 1. The first kappa shape index (κ1) is 8.96. The summed E-state index contributed by atoms with van der Waals surface area (Å²) in [6.45, 7) is 0. The van der Waals surface area contributed by atoms with Gasteiger partial charge in [0.25, 0.3) is 0 Å². The summed E-state index contributed by atoms with van der Waals surface area (Å²) in [7, 11) is 1.49. The molecule has 1 atom stereocenters. The zero-order valence-corrected chi connectivity index (χ0v) is 6.78. The third kappa shape index (κ3) is 1.72. The molecule has 1 aliphatic rings. The molecule has 0 saturated carbocycles. The van der Waals surface area contributed by atoms with Gasteiger partial charge in [-0.05, 0) is 12.2 Å². The van der Waals surface area contributed by atoms with E-state index in [-0.39, 0.29) is 5.57 Å². The molecule has 4 nitrogen and oxygen atoms in total. The summed E-state index contributed by atoms with van der Waals surface area (Å²) in [6.07, 6.45) is 4.94. The van der Waals surface area contributed by atoms with Crippen molar-refractivity contribution in [3.05, 3.63) is 23.8 Å². The molecule has 0 amide bonds. The van der Waals surface area contributed by atoms with Gasteiger partial charge in [-0.25, -0.2) is 4.79 Å². The zero-order chi connectivity index (χ0) is 9.19. The van der Waals surface area contributed by atoms with E-state index in [9.17, 15) is 4.79 Å². The highest BCUT2D eigenvalue weighted by Crippen LogP contribution is 2.18. The molecule has 0 aromatic carbocycles. The van der Waals surface area contributed by atoms with Crippen molar-refractivity contribution >= 4 is 5.97 Å². The average molecular weight is 169 g/mol. The van der Waals surface area contributed by atoms with Gasteiger partial charge in [-0.1, -0.05) is 6.08 Å². The second-order valence-electron chi connectivity index (χ2n) is 2.66. The summed E-state index contributed by atoms with van der Waals surface area (Å²) in [5.41, 5.74) is 5.10. The number of hydrogen-bond donors (Lipinski definition) is 2. The summed E-state index contributed by atoms with van der Waals surface area (Å²) in [5.74, 6) is -0.940. The highest BCUT2D eigenvalue weighted by molar-refractivity contribution is 5.90. The molecule has 1 aliphatic carbocycles. The Bertz CT molecular complexity index is 257. The molecule has 0 heterocycles. The Morgan fingerprint density at radius 1 is 1.83 bits per heavy atom. The zero-order valence-electron chi connectivity index (χ0n) is 6.78. The number of aliphatic carboxylic acids is 1. The Hall–Kier alpha value is -1.13. The van der Waals surface area contributed by atoms with Crippen LogP contribution in [0.4, 0.5) is 0 Å². The fraction of sp³-hybridized carbons (Fsp3) is 0.375. The molecular weight excluding hydrogens is 158 g/mol. The van der Waals surface area contributed by atoms with Crippen LogP contribution in [0.5, 0.6) is 0 Å². The smallest absolute Gasteiger partial charge is 0.335 e. The van der Waals surface area contributed by atoms with Crippen LogP contribution in [-0.2, 0) is 9.53 Å². The lowest BCUT2D eigenvalue weighted by Gasteiger charge is -2.25. The minimum Gasteiger partial charge on any atom is -0.478 e. The number of ether oxygens (including phenoxy) is 1. The highest BCUT2D eigenvalue weighted by atomic mass is 16.5. The molecule has 0 bridgehead atoms. The molecule has 0 radical (unpaired) electrons. The first-order valence-electron chi connectivity index (χ1n) is 3.54. The molecule has 0 aromatic rings. The molecule has 4 heteroatoms. The van der Waals surface area contributed by atoms with Crippen LogP contribution in [0.25, 0.3) is 0 Å². The Labute approximate surface area is 70.3 Å². The maximum Gasteiger partial charge on any atom is 0.335 e. The largest absolute Gasteiger partial charge is 0.478 e. The minimum atomic E-state index is -0.940. The van der Waals surface area contributed by atoms with Crippen molar-refractivity contribution in [2.45, 2.75) is 12.1 Å². The van der Waals surface area contributed by atoms with Crippen molar-refractivity contribution in [3.63, 3.8) is 0 Å². The maximum absolute atomic E-state index is 10.5. The first-order valence-corrected chi connectivity index (χ1v) is 3.54. The molecule has 1 rings (SSSR count). The maximum atomic E-state index is 10.5. The minimum absolute atomic E-state index is 0.258. The van der Waals surface area contributed by atoms with Crippen molar-refractivity contribution < 1.29 is 14.6 Å². The SMILES string of the molecule is COC1(N)C=CC(C(=O)O)=CC1. The second-order valence-corrected chi connectivity index (χ2v) is 2.66. The average Bonchev–Trinajstić information content (AvgIpc) is 2.05. The molecule has 12 heavy (non-hydrogen) atoms. The van der Waals surface area contributed by atoms with Crippen LogP contribution in [0.1, 0.15) is 6.42 Å². The molecule has 0 spiro atoms. The Kier molecular flexibility index (Phi) is 2.30. The predicted molar refractivity (Wildman–Crippen MR) is 43.4 cm³/mol. The normalized spacial score (nSPS) is 28.3. The Morgan fingerprint density at radius 3 is 2.83 bits per heavy atom. The summed E-state index contributed by atoms with van der Waals surface area (Å²) in [4.78, 5) is 10.5. The third-order valence-corrected chi connectivity index (χ3v) is 1.81. The number of hydrogen-bond acceptors (Lipinski definition) is 3. The summed E-state index contributed by atoms with van der Waals surface area (Å²) in [6, 6.07) is 0. The number of carboxylic acid groups (broad SMARTS) is 1. The molecule has 66 valence electrons. The van der Waals surface area contributed by atoms with E-state index >= 15 is 0 Å². The lowest BCUT2D eigenvalue weighted by molar-refractivity contribution is -0.132. The fourth-order valence-corrected chi connectivity index (χ4v) is 0.946. The van der Waals surface area contributed by atoms with Gasteiger partial charge < -0.3 is 9.84 Å². The van der Waals surface area contributed by atoms with E-state index in [0.29, 0.717) is 6.42 Å². The number of nitrogens with two attached hydrogens (primary N) is 1. The van der Waals surface area contributed by atoms with E-state index in [4.69, 9.17) is 15.6 Å². The number of carbonyl (C=O) groups is 1. The van der Waals surface area contributed by atoms with Gasteiger partial charge in [0.05, 0.1) is 5.57 Å². The monoisotopic (exact) mass is 169 g/mol. The van der Waals surface area contributed by atoms with Crippen LogP contribution in [0, 0.1) is 0 Å². The fourth-order valence-electron chi connectivity index (χ4n) is 0.946. The van der Waals surface area contributed by atoms with Crippen molar-refractivity contribution in [1.29, 1.82) is 0 Å². The van der Waals surface area contributed by atoms with E-state index in [1.165, 1.54) is 13.2 Å². The molecular formula is C8H11NO3. The van der Waals surface area contributed by atoms with Gasteiger partial charge in [0.2, 0.25) is 0 Å². The molecule has 3 N–H and O–H groups in total. The van der Waals surface area contributed by atoms with Crippen LogP contribution in [0.15, 0.2) is 23.8 Å². The summed E-state index contributed by atoms with van der Waals surface area (Å²) in [5, 5.41) is 8.58. The Morgan fingerprint density at radius 2 is 2.50 bits per heavy atom. The van der Waals surface area contributed by atoms with Crippen LogP contribution in [0.2, 0.25) is 0 Å².